The number of rotatable bonds is 12. The van der Waals surface area contributed by atoms with Crippen molar-refractivity contribution in [3.63, 3.8) is 0 Å². The second-order valence-electron chi connectivity index (χ2n) is 33.2. The Kier molecular flexibility index (Phi) is 33.3. The third-order valence-corrected chi connectivity index (χ3v) is 27.7. The number of hydrogen-bond donors (Lipinski definition) is 13. The van der Waals surface area contributed by atoms with E-state index in [0.29, 0.717) is 101 Å². The number of hydrogen-bond acceptors (Lipinski definition) is 23. The van der Waals surface area contributed by atoms with Gasteiger partial charge in [0.05, 0.1) is 134 Å². The van der Waals surface area contributed by atoms with Crippen LogP contribution in [0.1, 0.15) is 147 Å². The van der Waals surface area contributed by atoms with E-state index in [9.17, 15) is 44.3 Å². The lowest BCUT2D eigenvalue weighted by Gasteiger charge is -2.35. The second-order valence-corrected chi connectivity index (χ2v) is 37.2. The molecule has 13 N–H and O–H groups in total. The van der Waals surface area contributed by atoms with Crippen molar-refractivity contribution in [1.29, 1.82) is 26.3 Å². The summed E-state index contributed by atoms with van der Waals surface area (Å²) in [6, 6.07) is 38.5. The fraction of sp³-hybridized carbons (Fsp3) is 0.268. The number of benzene rings is 5. The van der Waals surface area contributed by atoms with Gasteiger partial charge in [0, 0.05) is 125 Å². The number of aromatic nitrogens is 10. The maximum absolute atomic E-state index is 12.4. The predicted molar refractivity (Wildman–Crippen MR) is 532 cm³/mol. The average molecular weight is 2210 g/mol. The van der Waals surface area contributed by atoms with Crippen molar-refractivity contribution in [2.45, 2.75) is 81.1 Å². The first-order valence-corrected chi connectivity index (χ1v) is 46.8. The van der Waals surface area contributed by atoms with Crippen molar-refractivity contribution in [3.05, 3.63) is 365 Å². The Bertz CT molecular complexity index is 7200. The number of carbonyl (C=O) groups excluding carboxylic acids is 1. The molecule has 140 heavy (non-hydrogen) atoms. The summed E-state index contributed by atoms with van der Waals surface area (Å²) in [5.74, 6) is -0.576. The highest BCUT2D eigenvalue weighted by Crippen LogP contribution is 2.52. The Balaban J connectivity index is 0.000000145. The molecule has 5 aromatic heterocycles. The van der Waals surface area contributed by atoms with E-state index >= 15 is 0 Å². The first-order chi connectivity index (χ1) is 67.3. The second kappa shape index (κ2) is 45.5. The van der Waals surface area contributed by atoms with Crippen LogP contribution in [0.3, 0.4) is 0 Å². The summed E-state index contributed by atoms with van der Waals surface area (Å²) < 4.78 is 46.6. The highest BCUT2D eigenvalue weighted by Gasteiger charge is 2.43. The van der Waals surface area contributed by atoms with E-state index < -0.39 is 29.8 Å². The molecule has 6 atom stereocenters. The molecule has 708 valence electrons. The van der Waals surface area contributed by atoms with Gasteiger partial charge in [-0.05, 0) is 210 Å². The van der Waals surface area contributed by atoms with Gasteiger partial charge in [0.2, 0.25) is 0 Å². The number of aliphatic carboxylic acids is 1. The summed E-state index contributed by atoms with van der Waals surface area (Å²) in [4.78, 5) is 46.4. The Morgan fingerprint density at radius 1 is 0.514 bits per heavy atom. The summed E-state index contributed by atoms with van der Waals surface area (Å²) in [5, 5.41) is 112. The maximum Gasteiger partial charge on any atom is 0.490 e. The number of nitrogens with zero attached hydrogens (tertiary/aromatic N) is 18. The van der Waals surface area contributed by atoms with Gasteiger partial charge in [-0.2, -0.15) is 65.0 Å². The molecule has 0 bridgehead atoms. The fourth-order valence-corrected chi connectivity index (χ4v) is 19.6. The number of aromatic amines is 5. The number of carbonyl (C=O) groups is 2. The number of allylic oxidation sites excluding steroid dienone is 7. The molecule has 5 aromatic carbocycles. The number of likely N-dealkylation sites (N-methyl/N-ethyl adjacent to an activating group) is 4. The molecular formula is C97H84Br5F3N30O5. The fourth-order valence-electron chi connectivity index (χ4n) is 16.7. The van der Waals surface area contributed by atoms with E-state index in [1.54, 1.807) is 95.2 Å². The average Bonchev–Trinajstić information content (AvgIpc) is 1.45. The highest BCUT2D eigenvalue weighted by molar-refractivity contribution is 9.11. The summed E-state index contributed by atoms with van der Waals surface area (Å²) in [6.07, 6.45) is 8.87. The number of carboxylic acid groups (broad SMARTS) is 1. The van der Waals surface area contributed by atoms with Crippen LogP contribution in [-0.2, 0) is 14.3 Å². The van der Waals surface area contributed by atoms with Gasteiger partial charge in [-0.15, -0.1) is 0 Å². The lowest BCUT2D eigenvalue weighted by molar-refractivity contribution is -0.192. The van der Waals surface area contributed by atoms with Gasteiger partial charge in [-0.3, -0.25) is 25.5 Å². The number of amides is 1. The Hall–Kier alpha value is -15.0. The number of H-pyrrole nitrogens is 5. The van der Waals surface area contributed by atoms with E-state index in [-0.39, 0.29) is 36.3 Å². The number of morpholine rings is 1. The molecule has 6 unspecified atom stereocenters. The molecule has 1 amide bonds. The van der Waals surface area contributed by atoms with Crippen LogP contribution in [0.2, 0.25) is 0 Å². The topological polar surface area (TPSA) is 451 Å². The van der Waals surface area contributed by atoms with Crippen molar-refractivity contribution in [2.75, 3.05) is 114 Å². The third kappa shape index (κ3) is 22.2. The minimum atomic E-state index is -5.08. The SMILES string of the molecule is O=C(O)C(F)(F)F.[C-]#[N+]C1=C(C2=CCN(C)CC2)Nc2[nH]ncc2C1c1cccc(C#N)c1Br.[C-]#[N+]C1=C(C2=CCNCC2)Nc2[nH]ncc2C1c1cccc(C#N)c1Br.[C-]#[N+]C1=C(C2CN(C)CCO2)Nc2[nH]ncc2C1c1cccc(C#N)c1Br.[C-]#[N+]C1=C(CN(C)C(=O)OC(C)(C)C)Nc2[nH]ncc2C1c1cccc(C#N)c1Br.[C-]#[N+]C1=C(CNC)Nc2[nH]ncc2C1c1cccc(C#N)c1Br. The van der Waals surface area contributed by atoms with Gasteiger partial charge in [-0.25, -0.2) is 33.8 Å². The normalized spacial score (nSPS) is 18.2. The molecule has 0 aliphatic carbocycles. The lowest BCUT2D eigenvalue weighted by atomic mass is 9.84. The van der Waals surface area contributed by atoms with Crippen LogP contribution in [0.4, 0.5) is 47.1 Å². The van der Waals surface area contributed by atoms with Gasteiger partial charge in [-0.1, -0.05) is 72.8 Å². The van der Waals surface area contributed by atoms with E-state index in [0.717, 1.165) is 167 Å². The molecule has 13 heterocycles. The zero-order valence-electron chi connectivity index (χ0n) is 75.6. The molecule has 1 fully saturated rings. The predicted octanol–water partition coefficient (Wildman–Crippen LogP) is 18.9. The standard InChI is InChI=1S/C21H21BrN6O2.C20H17BrN6.C19H17BrN6O.C19H15BrN6.C16H13BrN6.C2HF3O2/c1-21(2,3)30-20(29)28(5)11-15-18(24-4)16(14-10-25-27-19(14)26-15)13-8-6-7-12(9-23)17(13)22;1-23-19-16(14-5-3-4-13(10-22)17(14)21)15-11-24-26-20(15)25-18(19)12-6-8-27(2)9-7-12;1-22-18-15(12-5-3-4-11(8-21)16(12)20)13-9-23-25-19(13)24-17(18)14-10-26(2)6-7-27-14;1-22-18-15(13-4-2-3-12(9-21)16(13)20)14-10-24-26-19(14)25-17(18)11-5-7-23-8-6-11;1-19-8-12-15(20-2)13(11-7-21-23-16(11)22-12)10-5-3-4-9(6-18)14(10)17;3-2(4,5)1(6)7/h6-8,10,16H,11H2,1-3,5H3,(H2,25,26,27);3-6,11,16H,7-9H2,2H3,(H2,24,25,26);3-5,9,14-15H,6-7,10H2,2H3,(H2,23,24,25);2-5,10,15,23H,6-8H2,(H2,24,25,26);3-5,7,13,19H,8H2,1H3,(H2,21,22,23);(H,6,7). The molecule has 10 aromatic rings. The molecule has 18 rings (SSSR count). The Morgan fingerprint density at radius 3 is 1.19 bits per heavy atom. The van der Waals surface area contributed by atoms with Gasteiger partial charge < -0.3 is 66.5 Å². The van der Waals surface area contributed by atoms with E-state index in [1.165, 1.54) is 4.90 Å². The van der Waals surface area contributed by atoms with Gasteiger partial charge >= 0.3 is 18.2 Å². The molecule has 8 aliphatic rings. The molecule has 1 saturated heterocycles. The molecule has 0 spiro atoms. The van der Waals surface area contributed by atoms with Crippen molar-refractivity contribution in [3.8, 4) is 30.3 Å². The molecule has 8 aliphatic heterocycles. The van der Waals surface area contributed by atoms with Gasteiger partial charge in [0.1, 0.15) is 71.1 Å². The lowest BCUT2D eigenvalue weighted by Crippen LogP contribution is -2.43. The highest BCUT2D eigenvalue weighted by atomic mass is 79.9. The largest absolute Gasteiger partial charge is 0.490 e. The van der Waals surface area contributed by atoms with Crippen LogP contribution in [-0.4, -0.2) is 188 Å². The molecule has 35 nitrogen and oxygen atoms in total. The number of nitrogens with one attached hydrogen (secondary N) is 12. The van der Waals surface area contributed by atoms with E-state index in [4.69, 9.17) is 52.2 Å². The third-order valence-electron chi connectivity index (χ3n) is 23.3. The van der Waals surface area contributed by atoms with E-state index in [2.05, 4.69) is 251 Å². The van der Waals surface area contributed by atoms with Crippen molar-refractivity contribution >= 4 is 121 Å². The molecular weight excluding hydrogens is 2120 g/mol. The number of alkyl halides is 3. The number of anilines is 5. The van der Waals surface area contributed by atoms with Crippen LogP contribution in [0.25, 0.3) is 24.2 Å². The van der Waals surface area contributed by atoms with Crippen LogP contribution in [0.5, 0.6) is 0 Å². The smallest absolute Gasteiger partial charge is 0.475 e. The summed E-state index contributed by atoms with van der Waals surface area (Å²) >= 11 is 17.7. The monoisotopic (exact) mass is 2200 g/mol. The van der Waals surface area contributed by atoms with Crippen LogP contribution < -0.4 is 37.2 Å². The number of nitriles is 5. The minimum Gasteiger partial charge on any atom is -0.475 e. The zero-order valence-corrected chi connectivity index (χ0v) is 83.5. The number of fused-ring (bicyclic) bond motifs is 5. The minimum absolute atomic E-state index is 0.150. The number of ether oxygens (including phenoxy) is 2. The van der Waals surface area contributed by atoms with Crippen LogP contribution >= 0.6 is 79.6 Å². The summed E-state index contributed by atoms with van der Waals surface area (Å²) in [5.41, 5.74) is 19.7. The van der Waals surface area contributed by atoms with E-state index in [1.807, 2.05) is 68.7 Å². The maximum atomic E-state index is 12.4. The van der Waals surface area contributed by atoms with Crippen LogP contribution in [0.15, 0.2) is 225 Å². The van der Waals surface area contributed by atoms with Gasteiger partial charge in [0.15, 0.2) is 28.5 Å². The van der Waals surface area contributed by atoms with Crippen LogP contribution in [0, 0.1) is 89.5 Å². The number of carboxylic acids is 1. The number of halogens is 8. The van der Waals surface area contributed by atoms with Gasteiger partial charge in [0.25, 0.3) is 0 Å². The van der Waals surface area contributed by atoms with Crippen molar-refractivity contribution in [1.82, 2.24) is 76.3 Å². The van der Waals surface area contributed by atoms with Crippen molar-refractivity contribution in [2.24, 2.45) is 0 Å². The molecule has 43 heteroatoms. The zero-order chi connectivity index (χ0) is 101. The quantitative estimate of drug-likeness (QED) is 0.0505. The summed E-state index contributed by atoms with van der Waals surface area (Å²) in [7, 11) is 7.59. The first kappa shape index (κ1) is 102. The Labute approximate surface area is 844 Å². The summed E-state index contributed by atoms with van der Waals surface area (Å²) in [6.45, 7) is 50.9. The molecule has 0 saturated carbocycles. The molecule has 0 radical (unpaired) electrons. The Morgan fingerprint density at radius 2 is 0.864 bits per heavy atom. The van der Waals surface area contributed by atoms with Crippen molar-refractivity contribution < 1.29 is 37.3 Å². The first-order valence-electron chi connectivity index (χ1n) is 42.8.